The van der Waals surface area contributed by atoms with Crippen LogP contribution < -0.4 is 10.2 Å². The number of rotatable bonds is 3. The minimum atomic E-state index is -0.378. The molecule has 1 fully saturated rings. The average Bonchev–Trinajstić information content (AvgIpc) is 2.59. The first-order chi connectivity index (χ1) is 11.5. The number of anilines is 2. The van der Waals surface area contributed by atoms with Crippen LogP contribution in [0.5, 0.6) is 0 Å². The molecular formula is C16H17Cl2N5O. The number of likely N-dealkylation sites (N-methyl/N-ethyl adjacent to an activating group) is 1. The number of nitrogens with zero attached hydrogens (tertiary/aromatic N) is 4. The Morgan fingerprint density at radius 3 is 2.50 bits per heavy atom. The predicted molar refractivity (Wildman–Crippen MR) is 96.2 cm³/mol. The van der Waals surface area contributed by atoms with Gasteiger partial charge in [-0.05, 0) is 37.4 Å². The summed E-state index contributed by atoms with van der Waals surface area (Å²) in [4.78, 5) is 16.7. The molecule has 0 saturated carbocycles. The van der Waals surface area contributed by atoms with Crippen LogP contribution >= 0.6 is 23.2 Å². The molecule has 1 aliphatic heterocycles. The van der Waals surface area contributed by atoms with Gasteiger partial charge in [0.25, 0.3) is 5.91 Å². The lowest BCUT2D eigenvalue weighted by molar-refractivity contribution is 0.102. The molecule has 8 heteroatoms. The summed E-state index contributed by atoms with van der Waals surface area (Å²) in [6.07, 6.45) is 0. The third-order valence-electron chi connectivity index (χ3n) is 3.89. The largest absolute Gasteiger partial charge is 0.353 e. The highest BCUT2D eigenvalue weighted by Gasteiger charge is 2.17. The molecule has 1 aromatic carbocycles. The van der Waals surface area contributed by atoms with Gasteiger partial charge in [0.15, 0.2) is 11.5 Å². The second-order valence-corrected chi connectivity index (χ2v) is 6.49. The minimum absolute atomic E-state index is 0.226. The van der Waals surface area contributed by atoms with Crippen molar-refractivity contribution < 1.29 is 4.79 Å². The third-order valence-corrected chi connectivity index (χ3v) is 4.45. The molecule has 1 amide bonds. The van der Waals surface area contributed by atoms with Crippen molar-refractivity contribution >= 4 is 40.6 Å². The molecule has 0 radical (unpaired) electrons. The number of hydrogen-bond donors (Lipinski definition) is 1. The lowest BCUT2D eigenvalue weighted by atomic mass is 10.3. The summed E-state index contributed by atoms with van der Waals surface area (Å²) in [5, 5.41) is 11.8. The molecule has 2 heterocycles. The average molecular weight is 366 g/mol. The van der Waals surface area contributed by atoms with Crippen molar-refractivity contribution in [3.05, 3.63) is 46.1 Å². The predicted octanol–water partition coefficient (Wildman–Crippen LogP) is 2.79. The van der Waals surface area contributed by atoms with E-state index in [0.717, 1.165) is 32.0 Å². The maximum absolute atomic E-state index is 12.3. The van der Waals surface area contributed by atoms with Crippen LogP contribution in [0.2, 0.25) is 10.0 Å². The summed E-state index contributed by atoms with van der Waals surface area (Å²) in [5.41, 5.74) is 0.669. The first-order valence-corrected chi connectivity index (χ1v) is 8.32. The van der Waals surface area contributed by atoms with E-state index in [4.69, 9.17) is 23.2 Å². The molecule has 1 aliphatic rings. The second kappa shape index (κ2) is 7.34. The zero-order chi connectivity index (χ0) is 17.1. The molecule has 1 saturated heterocycles. The third kappa shape index (κ3) is 3.95. The van der Waals surface area contributed by atoms with Gasteiger partial charge >= 0.3 is 0 Å². The summed E-state index contributed by atoms with van der Waals surface area (Å²) < 4.78 is 0. The molecule has 0 unspecified atom stereocenters. The van der Waals surface area contributed by atoms with Gasteiger partial charge in [-0.15, -0.1) is 10.2 Å². The van der Waals surface area contributed by atoms with Crippen LogP contribution in [0.3, 0.4) is 0 Å². The van der Waals surface area contributed by atoms with Crippen molar-refractivity contribution in [1.82, 2.24) is 15.1 Å². The van der Waals surface area contributed by atoms with Crippen molar-refractivity contribution in [3.63, 3.8) is 0 Å². The SMILES string of the molecule is CN1CCN(c2ccc(C(=O)Nc3cc(Cl)ccc3Cl)nn2)CC1. The van der Waals surface area contributed by atoms with Crippen LogP contribution in [-0.2, 0) is 0 Å². The van der Waals surface area contributed by atoms with Gasteiger partial charge in [-0.2, -0.15) is 0 Å². The van der Waals surface area contributed by atoms with E-state index in [1.165, 1.54) is 0 Å². The highest BCUT2D eigenvalue weighted by atomic mass is 35.5. The van der Waals surface area contributed by atoms with Gasteiger partial charge in [-0.3, -0.25) is 4.79 Å². The van der Waals surface area contributed by atoms with E-state index in [1.54, 1.807) is 24.3 Å². The number of benzene rings is 1. The highest BCUT2D eigenvalue weighted by Crippen LogP contribution is 2.25. The zero-order valence-corrected chi connectivity index (χ0v) is 14.7. The molecule has 1 N–H and O–H groups in total. The molecule has 126 valence electrons. The molecule has 0 atom stereocenters. The molecule has 0 bridgehead atoms. The van der Waals surface area contributed by atoms with Crippen molar-refractivity contribution in [2.45, 2.75) is 0 Å². The Morgan fingerprint density at radius 2 is 1.83 bits per heavy atom. The molecule has 2 aromatic rings. The first kappa shape index (κ1) is 17.0. The van der Waals surface area contributed by atoms with Gasteiger partial charge in [0.2, 0.25) is 0 Å². The lowest BCUT2D eigenvalue weighted by Gasteiger charge is -2.32. The van der Waals surface area contributed by atoms with E-state index in [0.29, 0.717) is 15.7 Å². The van der Waals surface area contributed by atoms with Gasteiger partial charge in [-0.1, -0.05) is 23.2 Å². The molecule has 6 nitrogen and oxygen atoms in total. The maximum Gasteiger partial charge on any atom is 0.276 e. The Kier molecular flexibility index (Phi) is 5.18. The Balaban J connectivity index is 1.68. The number of amides is 1. The number of hydrogen-bond acceptors (Lipinski definition) is 5. The van der Waals surface area contributed by atoms with Gasteiger partial charge < -0.3 is 15.1 Å². The van der Waals surface area contributed by atoms with Crippen LogP contribution in [-0.4, -0.2) is 54.2 Å². The standard InChI is InChI=1S/C16H17Cl2N5O/c1-22-6-8-23(9-7-22)15-5-4-13(20-21-15)16(24)19-14-10-11(17)2-3-12(14)18/h2-5,10H,6-9H2,1H3,(H,19,24). The molecule has 3 rings (SSSR count). The van der Waals surface area contributed by atoms with Gasteiger partial charge in [0.1, 0.15) is 0 Å². The summed E-state index contributed by atoms with van der Waals surface area (Å²) in [6.45, 7) is 3.76. The first-order valence-electron chi connectivity index (χ1n) is 7.56. The highest BCUT2D eigenvalue weighted by molar-refractivity contribution is 6.35. The Hall–Kier alpha value is -1.89. The van der Waals surface area contributed by atoms with Crippen LogP contribution in [0.25, 0.3) is 0 Å². The van der Waals surface area contributed by atoms with Gasteiger partial charge in [0.05, 0.1) is 10.7 Å². The number of halogens is 2. The van der Waals surface area contributed by atoms with Crippen LogP contribution in [0.15, 0.2) is 30.3 Å². The van der Waals surface area contributed by atoms with Gasteiger partial charge in [0, 0.05) is 31.2 Å². The number of carbonyl (C=O) groups is 1. The van der Waals surface area contributed by atoms with Gasteiger partial charge in [-0.25, -0.2) is 0 Å². The molecule has 24 heavy (non-hydrogen) atoms. The van der Waals surface area contributed by atoms with E-state index in [-0.39, 0.29) is 11.6 Å². The fourth-order valence-electron chi connectivity index (χ4n) is 2.43. The van der Waals surface area contributed by atoms with E-state index in [9.17, 15) is 4.79 Å². The number of aromatic nitrogens is 2. The maximum atomic E-state index is 12.3. The Morgan fingerprint density at radius 1 is 1.08 bits per heavy atom. The topological polar surface area (TPSA) is 61.4 Å². The monoisotopic (exact) mass is 365 g/mol. The molecule has 1 aromatic heterocycles. The van der Waals surface area contributed by atoms with Crippen molar-refractivity contribution in [2.75, 3.05) is 43.4 Å². The summed E-state index contributed by atoms with van der Waals surface area (Å²) >= 11 is 12.0. The summed E-state index contributed by atoms with van der Waals surface area (Å²) in [7, 11) is 2.09. The zero-order valence-electron chi connectivity index (χ0n) is 13.2. The fraction of sp³-hybridized carbons (Fsp3) is 0.312. The normalized spacial score (nSPS) is 15.4. The van der Waals surface area contributed by atoms with Crippen LogP contribution in [0.4, 0.5) is 11.5 Å². The van der Waals surface area contributed by atoms with E-state index < -0.39 is 0 Å². The molecule has 0 aliphatic carbocycles. The van der Waals surface area contributed by atoms with Crippen LogP contribution in [0, 0.1) is 0 Å². The van der Waals surface area contributed by atoms with E-state index in [1.807, 2.05) is 6.07 Å². The summed E-state index contributed by atoms with van der Waals surface area (Å²) in [6, 6.07) is 8.35. The molecule has 0 spiro atoms. The Bertz CT molecular complexity index is 730. The Labute approximate surface area is 150 Å². The number of piperazine rings is 1. The summed E-state index contributed by atoms with van der Waals surface area (Å²) in [5.74, 6) is 0.400. The smallest absolute Gasteiger partial charge is 0.276 e. The van der Waals surface area contributed by atoms with E-state index >= 15 is 0 Å². The van der Waals surface area contributed by atoms with E-state index in [2.05, 4.69) is 32.4 Å². The fourth-order valence-corrected chi connectivity index (χ4v) is 2.77. The lowest BCUT2D eigenvalue weighted by Crippen LogP contribution is -2.44. The number of carbonyl (C=O) groups excluding carboxylic acids is 1. The molecular weight excluding hydrogens is 349 g/mol. The number of nitrogens with one attached hydrogen (secondary N) is 1. The van der Waals surface area contributed by atoms with Crippen LogP contribution in [0.1, 0.15) is 10.5 Å². The quantitative estimate of drug-likeness (QED) is 0.905. The van der Waals surface area contributed by atoms with Crippen molar-refractivity contribution in [1.29, 1.82) is 0 Å². The minimum Gasteiger partial charge on any atom is -0.353 e. The van der Waals surface area contributed by atoms with Crippen molar-refractivity contribution in [2.24, 2.45) is 0 Å². The van der Waals surface area contributed by atoms with Crippen molar-refractivity contribution in [3.8, 4) is 0 Å². The second-order valence-electron chi connectivity index (χ2n) is 5.65.